The molecule has 1 aromatic carbocycles. The highest BCUT2D eigenvalue weighted by Gasteiger charge is 2.07. The second-order valence-electron chi connectivity index (χ2n) is 4.22. The summed E-state index contributed by atoms with van der Waals surface area (Å²) in [6, 6.07) is 4.90. The number of aromatic amines is 1. The standard InChI is InChI=1S/C13H16FN/c1-3-9(2)6-10-8-15-13-5-4-11(14)7-12(10)13/h4-5,7-9,15H,3,6H2,1-2H3. The monoisotopic (exact) mass is 205 g/mol. The molecule has 0 radical (unpaired) electrons. The van der Waals surface area contributed by atoms with E-state index in [0.29, 0.717) is 5.92 Å². The van der Waals surface area contributed by atoms with Crippen molar-refractivity contribution in [2.45, 2.75) is 26.7 Å². The van der Waals surface area contributed by atoms with E-state index < -0.39 is 0 Å². The Morgan fingerprint density at radius 1 is 1.40 bits per heavy atom. The van der Waals surface area contributed by atoms with Gasteiger partial charge in [-0.3, -0.25) is 0 Å². The number of nitrogens with one attached hydrogen (secondary N) is 1. The molecule has 1 heterocycles. The van der Waals surface area contributed by atoms with Crippen LogP contribution in [0.15, 0.2) is 24.4 Å². The molecule has 0 saturated heterocycles. The predicted octanol–water partition coefficient (Wildman–Crippen LogP) is 3.90. The molecule has 2 heteroatoms. The van der Waals surface area contributed by atoms with Crippen LogP contribution >= 0.6 is 0 Å². The van der Waals surface area contributed by atoms with Crippen molar-refractivity contribution in [3.63, 3.8) is 0 Å². The van der Waals surface area contributed by atoms with Crippen molar-refractivity contribution >= 4 is 10.9 Å². The first-order chi connectivity index (χ1) is 7.20. The van der Waals surface area contributed by atoms with Crippen LogP contribution < -0.4 is 0 Å². The second kappa shape index (κ2) is 4.05. The first-order valence-electron chi connectivity index (χ1n) is 5.46. The molecular formula is C13H16FN. The molecule has 2 rings (SSSR count). The van der Waals surface area contributed by atoms with E-state index in [2.05, 4.69) is 18.8 Å². The highest BCUT2D eigenvalue weighted by molar-refractivity contribution is 5.83. The van der Waals surface area contributed by atoms with E-state index in [1.807, 2.05) is 6.20 Å². The third-order valence-corrected chi connectivity index (χ3v) is 2.99. The number of hydrogen-bond acceptors (Lipinski definition) is 0. The third kappa shape index (κ3) is 2.04. The average Bonchev–Trinajstić information content (AvgIpc) is 2.61. The molecule has 0 aliphatic carbocycles. The number of aromatic nitrogens is 1. The summed E-state index contributed by atoms with van der Waals surface area (Å²) < 4.78 is 13.1. The quantitative estimate of drug-likeness (QED) is 0.782. The minimum atomic E-state index is -0.160. The number of benzene rings is 1. The van der Waals surface area contributed by atoms with Crippen molar-refractivity contribution in [2.75, 3.05) is 0 Å². The Morgan fingerprint density at radius 2 is 2.20 bits per heavy atom. The molecule has 1 aromatic heterocycles. The lowest BCUT2D eigenvalue weighted by Gasteiger charge is -2.06. The van der Waals surface area contributed by atoms with Gasteiger partial charge in [-0.2, -0.15) is 0 Å². The van der Waals surface area contributed by atoms with Gasteiger partial charge in [0.05, 0.1) is 0 Å². The van der Waals surface area contributed by atoms with E-state index in [1.165, 1.54) is 11.6 Å². The minimum Gasteiger partial charge on any atom is -0.361 e. The molecule has 1 N–H and O–H groups in total. The van der Waals surface area contributed by atoms with Gasteiger partial charge in [0, 0.05) is 17.1 Å². The van der Waals surface area contributed by atoms with Crippen molar-refractivity contribution in [3.8, 4) is 0 Å². The molecule has 0 saturated carbocycles. The fourth-order valence-corrected chi connectivity index (χ4v) is 1.84. The summed E-state index contributed by atoms with van der Waals surface area (Å²) in [5.74, 6) is 0.486. The first-order valence-corrected chi connectivity index (χ1v) is 5.46. The van der Waals surface area contributed by atoms with Gasteiger partial charge in [0.15, 0.2) is 0 Å². The predicted molar refractivity (Wildman–Crippen MR) is 61.4 cm³/mol. The summed E-state index contributed by atoms with van der Waals surface area (Å²) >= 11 is 0. The van der Waals surface area contributed by atoms with Gasteiger partial charge >= 0.3 is 0 Å². The highest BCUT2D eigenvalue weighted by atomic mass is 19.1. The van der Waals surface area contributed by atoms with Crippen LogP contribution in [0.4, 0.5) is 4.39 Å². The van der Waals surface area contributed by atoms with E-state index in [9.17, 15) is 4.39 Å². The number of hydrogen-bond donors (Lipinski definition) is 1. The second-order valence-corrected chi connectivity index (χ2v) is 4.22. The van der Waals surface area contributed by atoms with E-state index in [0.717, 1.165) is 23.7 Å². The van der Waals surface area contributed by atoms with Crippen LogP contribution in [0.1, 0.15) is 25.8 Å². The maximum absolute atomic E-state index is 13.1. The first kappa shape index (κ1) is 10.2. The third-order valence-electron chi connectivity index (χ3n) is 2.99. The van der Waals surface area contributed by atoms with E-state index in [4.69, 9.17) is 0 Å². The fourth-order valence-electron chi connectivity index (χ4n) is 1.84. The van der Waals surface area contributed by atoms with Gasteiger partial charge in [0.1, 0.15) is 5.82 Å². The van der Waals surface area contributed by atoms with Gasteiger partial charge < -0.3 is 4.98 Å². The molecule has 0 bridgehead atoms. The molecule has 2 aromatic rings. The van der Waals surface area contributed by atoms with Crippen molar-refractivity contribution in [1.82, 2.24) is 4.98 Å². The molecule has 1 nitrogen and oxygen atoms in total. The zero-order valence-corrected chi connectivity index (χ0v) is 9.18. The normalized spacial score (nSPS) is 13.3. The average molecular weight is 205 g/mol. The van der Waals surface area contributed by atoms with Gasteiger partial charge in [0.2, 0.25) is 0 Å². The van der Waals surface area contributed by atoms with Crippen LogP contribution in [0, 0.1) is 11.7 Å². The maximum atomic E-state index is 13.1. The van der Waals surface area contributed by atoms with Crippen LogP contribution in [0.25, 0.3) is 10.9 Å². The number of H-pyrrole nitrogens is 1. The van der Waals surface area contributed by atoms with Gasteiger partial charge in [-0.05, 0) is 36.1 Å². The Hall–Kier alpha value is -1.31. The molecule has 1 atom stereocenters. The molecule has 0 aliphatic rings. The zero-order chi connectivity index (χ0) is 10.8. The minimum absolute atomic E-state index is 0.160. The van der Waals surface area contributed by atoms with Crippen LogP contribution in [0.3, 0.4) is 0 Å². The van der Waals surface area contributed by atoms with E-state index in [1.54, 1.807) is 12.1 Å². The van der Waals surface area contributed by atoms with Gasteiger partial charge in [0.25, 0.3) is 0 Å². The lowest BCUT2D eigenvalue weighted by atomic mass is 9.98. The molecule has 0 aliphatic heterocycles. The summed E-state index contributed by atoms with van der Waals surface area (Å²) in [5.41, 5.74) is 2.24. The van der Waals surface area contributed by atoms with E-state index >= 15 is 0 Å². The van der Waals surface area contributed by atoms with Crippen molar-refractivity contribution in [1.29, 1.82) is 0 Å². The summed E-state index contributed by atoms with van der Waals surface area (Å²) in [5, 5.41) is 1.02. The topological polar surface area (TPSA) is 15.8 Å². The van der Waals surface area contributed by atoms with E-state index in [-0.39, 0.29) is 5.82 Å². The molecule has 15 heavy (non-hydrogen) atoms. The molecule has 80 valence electrons. The Labute approximate surface area is 89.3 Å². The van der Waals surface area contributed by atoms with Crippen LogP contribution in [0.2, 0.25) is 0 Å². The molecule has 0 amide bonds. The number of rotatable bonds is 3. The van der Waals surface area contributed by atoms with Crippen LogP contribution in [0.5, 0.6) is 0 Å². The van der Waals surface area contributed by atoms with Crippen molar-refractivity contribution < 1.29 is 4.39 Å². The molecule has 1 unspecified atom stereocenters. The number of halogens is 1. The largest absolute Gasteiger partial charge is 0.361 e. The maximum Gasteiger partial charge on any atom is 0.123 e. The van der Waals surface area contributed by atoms with Crippen LogP contribution in [-0.2, 0) is 6.42 Å². The van der Waals surface area contributed by atoms with Crippen molar-refractivity contribution in [2.24, 2.45) is 5.92 Å². The lowest BCUT2D eigenvalue weighted by Crippen LogP contribution is -1.96. The Kier molecular flexibility index (Phi) is 2.76. The summed E-state index contributed by atoms with van der Waals surface area (Å²) in [7, 11) is 0. The fraction of sp³-hybridized carbons (Fsp3) is 0.385. The Morgan fingerprint density at radius 3 is 2.93 bits per heavy atom. The van der Waals surface area contributed by atoms with Crippen molar-refractivity contribution in [3.05, 3.63) is 35.8 Å². The van der Waals surface area contributed by atoms with Crippen LogP contribution in [-0.4, -0.2) is 4.98 Å². The van der Waals surface area contributed by atoms with Gasteiger partial charge in [-0.25, -0.2) is 4.39 Å². The van der Waals surface area contributed by atoms with Gasteiger partial charge in [-0.15, -0.1) is 0 Å². The Bertz CT molecular complexity index is 459. The zero-order valence-electron chi connectivity index (χ0n) is 9.18. The summed E-state index contributed by atoms with van der Waals surface area (Å²) in [4.78, 5) is 3.18. The highest BCUT2D eigenvalue weighted by Crippen LogP contribution is 2.22. The number of fused-ring (bicyclic) bond motifs is 1. The Balaban J connectivity index is 2.39. The summed E-state index contributed by atoms with van der Waals surface area (Å²) in [6.45, 7) is 4.40. The summed E-state index contributed by atoms with van der Waals surface area (Å²) in [6.07, 6.45) is 4.16. The molecular weight excluding hydrogens is 189 g/mol. The smallest absolute Gasteiger partial charge is 0.123 e. The SMILES string of the molecule is CCC(C)Cc1c[nH]c2ccc(F)cc12. The van der Waals surface area contributed by atoms with Gasteiger partial charge in [-0.1, -0.05) is 20.3 Å². The molecule has 0 fully saturated rings. The lowest BCUT2D eigenvalue weighted by molar-refractivity contribution is 0.562. The molecule has 0 spiro atoms.